The minimum Gasteiger partial charge on any atom is -0.496 e. The molecule has 0 aromatic heterocycles. The zero-order valence-corrected chi connectivity index (χ0v) is 5.11. The minimum absolute atomic E-state index is 0.487. The van der Waals surface area contributed by atoms with E-state index in [9.17, 15) is 0 Å². The highest BCUT2D eigenvalue weighted by Gasteiger charge is 2.08. The highest BCUT2D eigenvalue weighted by atomic mass is 16.5. The van der Waals surface area contributed by atoms with Crippen molar-refractivity contribution < 1.29 is 4.74 Å². The van der Waals surface area contributed by atoms with Crippen molar-refractivity contribution in [3.8, 4) is 0 Å². The van der Waals surface area contributed by atoms with Crippen molar-refractivity contribution in [1.82, 2.24) is 5.32 Å². The largest absolute Gasteiger partial charge is 0.496 e. The summed E-state index contributed by atoms with van der Waals surface area (Å²) >= 11 is 0. The molecule has 0 aromatic carbocycles. The molecule has 0 saturated carbocycles. The van der Waals surface area contributed by atoms with Crippen molar-refractivity contribution in [3.05, 3.63) is 12.3 Å². The first-order chi connectivity index (χ1) is 3.79. The second-order valence-electron chi connectivity index (χ2n) is 2.13. The van der Waals surface area contributed by atoms with Gasteiger partial charge in [0, 0.05) is 6.04 Å². The molecule has 0 bridgehead atoms. The van der Waals surface area contributed by atoms with E-state index in [2.05, 4.69) is 18.8 Å². The van der Waals surface area contributed by atoms with Gasteiger partial charge < -0.3 is 10.1 Å². The zero-order valence-electron chi connectivity index (χ0n) is 5.11. The van der Waals surface area contributed by atoms with Crippen LogP contribution in [0.25, 0.3) is 0 Å². The summed E-state index contributed by atoms with van der Waals surface area (Å²) < 4.78 is 5.13. The van der Waals surface area contributed by atoms with E-state index in [1.54, 1.807) is 0 Å². The summed E-state index contributed by atoms with van der Waals surface area (Å²) in [5, 5.41) is 3.21. The lowest BCUT2D eigenvalue weighted by molar-refractivity contribution is 0.147. The molecule has 8 heavy (non-hydrogen) atoms. The third-order valence-electron chi connectivity index (χ3n) is 1.19. The van der Waals surface area contributed by atoms with E-state index in [4.69, 9.17) is 4.74 Å². The van der Waals surface area contributed by atoms with Gasteiger partial charge in [-0.2, -0.15) is 0 Å². The highest BCUT2D eigenvalue weighted by molar-refractivity contribution is 4.90. The molecule has 0 unspecified atom stereocenters. The van der Waals surface area contributed by atoms with Crippen LogP contribution < -0.4 is 5.32 Å². The summed E-state index contributed by atoms with van der Waals surface area (Å²) in [5.41, 5.74) is 0. The van der Waals surface area contributed by atoms with Crippen LogP contribution in [0.4, 0.5) is 0 Å². The molecule has 1 fully saturated rings. The predicted octanol–water partition coefficient (Wildman–Crippen LogP) is 0.508. The van der Waals surface area contributed by atoms with E-state index >= 15 is 0 Å². The summed E-state index contributed by atoms with van der Waals surface area (Å²) in [6, 6.07) is 0.487. The van der Waals surface area contributed by atoms with Gasteiger partial charge in [-0.25, -0.2) is 0 Å². The van der Waals surface area contributed by atoms with Crippen LogP contribution in [0.15, 0.2) is 12.3 Å². The fourth-order valence-corrected chi connectivity index (χ4v) is 0.641. The molecule has 46 valence electrons. The molecule has 0 aliphatic carbocycles. The summed E-state index contributed by atoms with van der Waals surface area (Å²) in [5.74, 6) is 0.850. The quantitative estimate of drug-likeness (QED) is 0.494. The minimum atomic E-state index is 0.487. The Morgan fingerprint density at radius 1 is 1.88 bits per heavy atom. The topological polar surface area (TPSA) is 21.3 Å². The van der Waals surface area contributed by atoms with Crippen molar-refractivity contribution in [2.24, 2.45) is 0 Å². The molecule has 0 spiro atoms. The van der Waals surface area contributed by atoms with Crippen LogP contribution in [0.1, 0.15) is 6.92 Å². The first-order valence-electron chi connectivity index (χ1n) is 2.83. The molecule has 1 N–H and O–H groups in total. The molecule has 1 aliphatic rings. The van der Waals surface area contributed by atoms with Crippen LogP contribution in [-0.4, -0.2) is 19.2 Å². The molecule has 1 aliphatic heterocycles. The van der Waals surface area contributed by atoms with Crippen LogP contribution in [0.5, 0.6) is 0 Å². The Bertz CT molecular complexity index is 90.7. The number of ether oxygens (including phenoxy) is 1. The SMILES string of the molecule is C=C1CN[C@@H](C)CO1. The molecular weight excluding hydrogens is 102 g/mol. The van der Waals surface area contributed by atoms with E-state index in [1.807, 2.05) is 0 Å². The number of hydrogen-bond donors (Lipinski definition) is 1. The second-order valence-corrected chi connectivity index (χ2v) is 2.13. The third kappa shape index (κ3) is 1.23. The van der Waals surface area contributed by atoms with Crippen LogP contribution >= 0.6 is 0 Å². The maximum Gasteiger partial charge on any atom is 0.103 e. The first kappa shape index (κ1) is 5.63. The maximum atomic E-state index is 5.13. The number of hydrogen-bond acceptors (Lipinski definition) is 2. The summed E-state index contributed by atoms with van der Waals surface area (Å²) in [4.78, 5) is 0. The molecule has 1 heterocycles. The highest BCUT2D eigenvalue weighted by Crippen LogP contribution is 1.99. The zero-order chi connectivity index (χ0) is 5.98. The number of morpholine rings is 1. The molecule has 1 atom stereocenters. The van der Waals surface area contributed by atoms with Crippen molar-refractivity contribution in [1.29, 1.82) is 0 Å². The Labute approximate surface area is 49.5 Å². The Kier molecular flexibility index (Phi) is 1.53. The van der Waals surface area contributed by atoms with Gasteiger partial charge in [0.1, 0.15) is 12.4 Å². The van der Waals surface area contributed by atoms with Gasteiger partial charge in [-0.15, -0.1) is 0 Å². The van der Waals surface area contributed by atoms with Gasteiger partial charge in [0.25, 0.3) is 0 Å². The van der Waals surface area contributed by atoms with Gasteiger partial charge in [0.2, 0.25) is 0 Å². The number of nitrogens with one attached hydrogen (secondary N) is 1. The standard InChI is InChI=1S/C6H11NO/c1-5-4-8-6(2)3-7-5/h5,7H,2-4H2,1H3/t5-/m0/s1. The van der Waals surface area contributed by atoms with Gasteiger partial charge in [0.15, 0.2) is 0 Å². The Morgan fingerprint density at radius 2 is 2.62 bits per heavy atom. The molecule has 0 amide bonds. The average Bonchev–Trinajstić information content (AvgIpc) is 1.77. The van der Waals surface area contributed by atoms with Crippen molar-refractivity contribution in [2.45, 2.75) is 13.0 Å². The summed E-state index contributed by atoms with van der Waals surface area (Å²) in [6.45, 7) is 7.32. The van der Waals surface area contributed by atoms with Crippen LogP contribution in [0.2, 0.25) is 0 Å². The molecule has 1 saturated heterocycles. The fraction of sp³-hybridized carbons (Fsp3) is 0.667. The fourth-order valence-electron chi connectivity index (χ4n) is 0.641. The average molecular weight is 113 g/mol. The Morgan fingerprint density at radius 3 is 3.00 bits per heavy atom. The van der Waals surface area contributed by atoms with Crippen molar-refractivity contribution in [3.63, 3.8) is 0 Å². The van der Waals surface area contributed by atoms with E-state index in [-0.39, 0.29) is 0 Å². The lowest BCUT2D eigenvalue weighted by Gasteiger charge is -2.22. The summed E-state index contributed by atoms with van der Waals surface area (Å²) in [6.07, 6.45) is 0. The predicted molar refractivity (Wildman–Crippen MR) is 32.6 cm³/mol. The van der Waals surface area contributed by atoms with Crippen LogP contribution in [-0.2, 0) is 4.74 Å². The second kappa shape index (κ2) is 2.18. The normalized spacial score (nSPS) is 29.6. The van der Waals surface area contributed by atoms with E-state index in [0.717, 1.165) is 18.9 Å². The van der Waals surface area contributed by atoms with E-state index in [1.165, 1.54) is 0 Å². The van der Waals surface area contributed by atoms with Gasteiger partial charge in [-0.3, -0.25) is 0 Å². The van der Waals surface area contributed by atoms with Crippen LogP contribution in [0, 0.1) is 0 Å². The van der Waals surface area contributed by atoms with Gasteiger partial charge in [-0.1, -0.05) is 6.58 Å². The molecule has 2 nitrogen and oxygen atoms in total. The lowest BCUT2D eigenvalue weighted by atomic mass is 10.3. The van der Waals surface area contributed by atoms with Crippen molar-refractivity contribution >= 4 is 0 Å². The molecule has 0 aromatic rings. The van der Waals surface area contributed by atoms with Crippen LogP contribution in [0.3, 0.4) is 0 Å². The first-order valence-corrected chi connectivity index (χ1v) is 2.83. The van der Waals surface area contributed by atoms with E-state index in [0.29, 0.717) is 6.04 Å². The molecule has 0 radical (unpaired) electrons. The molecular formula is C6H11NO. The number of rotatable bonds is 0. The third-order valence-corrected chi connectivity index (χ3v) is 1.19. The van der Waals surface area contributed by atoms with Gasteiger partial charge >= 0.3 is 0 Å². The van der Waals surface area contributed by atoms with E-state index < -0.39 is 0 Å². The Hall–Kier alpha value is -0.500. The summed E-state index contributed by atoms with van der Waals surface area (Å²) in [7, 11) is 0. The monoisotopic (exact) mass is 113 g/mol. The van der Waals surface area contributed by atoms with Gasteiger partial charge in [0.05, 0.1) is 6.54 Å². The smallest absolute Gasteiger partial charge is 0.103 e. The van der Waals surface area contributed by atoms with Gasteiger partial charge in [-0.05, 0) is 6.92 Å². The van der Waals surface area contributed by atoms with Crippen molar-refractivity contribution in [2.75, 3.05) is 13.2 Å². The maximum absolute atomic E-state index is 5.13. The molecule has 2 heteroatoms. The molecule has 1 rings (SSSR count). The Balaban J connectivity index is 2.29. The lowest BCUT2D eigenvalue weighted by Crippen LogP contribution is -2.37.